The standard InChI is InChI=1S/C26H21BrO7/c1-15-25(34-20-5-3-19(29-2)4-6-20)24(28)22-8-7-21(11-23(22)33-15)31-13-17-10-18(27)9-16-12-30-14-32-26(16)17/h3-11H,12-14H2,1-2H3. The molecule has 0 unspecified atom stereocenters. The van der Waals surface area contributed by atoms with Crippen molar-refractivity contribution in [2.45, 2.75) is 20.1 Å². The highest BCUT2D eigenvalue weighted by Gasteiger charge is 2.18. The average molecular weight is 525 g/mol. The molecule has 0 saturated carbocycles. The first-order valence-electron chi connectivity index (χ1n) is 10.6. The predicted octanol–water partition coefficient (Wildman–Crippen LogP) is 6.11. The van der Waals surface area contributed by atoms with Crippen LogP contribution < -0.4 is 24.4 Å². The van der Waals surface area contributed by atoms with Crippen LogP contribution >= 0.6 is 15.9 Å². The number of fused-ring (bicyclic) bond motifs is 2. The van der Waals surface area contributed by atoms with Gasteiger partial charge in [0.1, 0.15) is 40.9 Å². The van der Waals surface area contributed by atoms with Crippen LogP contribution in [0.1, 0.15) is 16.9 Å². The summed E-state index contributed by atoms with van der Waals surface area (Å²) in [6, 6.07) is 16.0. The van der Waals surface area contributed by atoms with Crippen LogP contribution in [0.5, 0.6) is 28.7 Å². The fourth-order valence-corrected chi connectivity index (χ4v) is 4.32. The summed E-state index contributed by atoms with van der Waals surface area (Å²) in [5, 5.41) is 0.404. The molecule has 4 aromatic rings. The van der Waals surface area contributed by atoms with E-state index in [-0.39, 0.29) is 24.6 Å². The largest absolute Gasteiger partial charge is 0.497 e. The van der Waals surface area contributed by atoms with E-state index < -0.39 is 0 Å². The van der Waals surface area contributed by atoms with Crippen molar-refractivity contribution in [1.82, 2.24) is 0 Å². The van der Waals surface area contributed by atoms with Crippen LogP contribution in [0.4, 0.5) is 0 Å². The van der Waals surface area contributed by atoms with Gasteiger partial charge in [-0.1, -0.05) is 15.9 Å². The van der Waals surface area contributed by atoms with Crippen molar-refractivity contribution in [3.05, 3.63) is 86.2 Å². The molecule has 8 heteroatoms. The molecule has 0 saturated heterocycles. The molecular formula is C26H21BrO7. The number of hydrogen-bond acceptors (Lipinski definition) is 7. The van der Waals surface area contributed by atoms with Gasteiger partial charge in [-0.3, -0.25) is 4.79 Å². The Morgan fingerprint density at radius 1 is 1.00 bits per heavy atom. The topological polar surface area (TPSA) is 76.4 Å². The highest BCUT2D eigenvalue weighted by atomic mass is 79.9. The quantitative estimate of drug-likeness (QED) is 0.301. The van der Waals surface area contributed by atoms with Gasteiger partial charge in [0.15, 0.2) is 6.79 Å². The van der Waals surface area contributed by atoms with E-state index in [1.165, 1.54) is 0 Å². The summed E-state index contributed by atoms with van der Waals surface area (Å²) in [6.45, 7) is 2.68. The van der Waals surface area contributed by atoms with Gasteiger partial charge in [0.25, 0.3) is 0 Å². The van der Waals surface area contributed by atoms with Crippen LogP contribution in [0.2, 0.25) is 0 Å². The van der Waals surface area contributed by atoms with Gasteiger partial charge >= 0.3 is 0 Å². The molecule has 0 radical (unpaired) electrons. The van der Waals surface area contributed by atoms with Gasteiger partial charge in [-0.25, -0.2) is 0 Å². The van der Waals surface area contributed by atoms with Gasteiger partial charge in [-0.2, -0.15) is 0 Å². The van der Waals surface area contributed by atoms with Crippen molar-refractivity contribution in [2.75, 3.05) is 13.9 Å². The van der Waals surface area contributed by atoms with Gasteiger partial charge in [-0.05, 0) is 55.5 Å². The fourth-order valence-electron chi connectivity index (χ4n) is 3.76. The zero-order valence-corrected chi connectivity index (χ0v) is 20.1. The van der Waals surface area contributed by atoms with Crippen LogP contribution in [0.15, 0.2) is 68.3 Å². The molecule has 2 heterocycles. The molecule has 1 aliphatic heterocycles. The molecule has 174 valence electrons. The van der Waals surface area contributed by atoms with E-state index in [2.05, 4.69) is 15.9 Å². The van der Waals surface area contributed by atoms with Gasteiger partial charge in [0.2, 0.25) is 11.2 Å². The fraction of sp³-hybridized carbons (Fsp3) is 0.192. The minimum absolute atomic E-state index is 0.145. The maximum absolute atomic E-state index is 13.1. The summed E-state index contributed by atoms with van der Waals surface area (Å²) < 4.78 is 34.8. The van der Waals surface area contributed by atoms with Crippen LogP contribution in [0.25, 0.3) is 11.0 Å². The lowest BCUT2D eigenvalue weighted by Crippen LogP contribution is -2.14. The Labute approximate surface area is 203 Å². The molecule has 0 N–H and O–H groups in total. The highest BCUT2D eigenvalue weighted by Crippen LogP contribution is 2.33. The van der Waals surface area contributed by atoms with Gasteiger partial charge in [0, 0.05) is 21.7 Å². The van der Waals surface area contributed by atoms with Crippen molar-refractivity contribution >= 4 is 26.9 Å². The first-order chi connectivity index (χ1) is 16.5. The Bertz CT molecular complexity index is 1410. The molecule has 0 aliphatic carbocycles. The number of hydrogen-bond donors (Lipinski definition) is 0. The summed E-state index contributed by atoms with van der Waals surface area (Å²) >= 11 is 3.52. The second-order valence-corrected chi connectivity index (χ2v) is 8.62. The first-order valence-corrected chi connectivity index (χ1v) is 11.3. The normalized spacial score (nSPS) is 12.7. The smallest absolute Gasteiger partial charge is 0.235 e. The van der Waals surface area contributed by atoms with Crippen LogP contribution in [-0.2, 0) is 18.0 Å². The van der Waals surface area contributed by atoms with Crippen molar-refractivity contribution in [3.63, 3.8) is 0 Å². The van der Waals surface area contributed by atoms with E-state index >= 15 is 0 Å². The number of ether oxygens (including phenoxy) is 5. The van der Waals surface area contributed by atoms with Crippen LogP contribution in [0, 0.1) is 6.92 Å². The number of methoxy groups -OCH3 is 1. The van der Waals surface area contributed by atoms with Gasteiger partial charge < -0.3 is 28.1 Å². The molecule has 5 rings (SSSR count). The van der Waals surface area contributed by atoms with Crippen LogP contribution in [-0.4, -0.2) is 13.9 Å². The Morgan fingerprint density at radius 2 is 1.76 bits per heavy atom. The van der Waals surface area contributed by atoms with E-state index in [0.29, 0.717) is 40.6 Å². The lowest BCUT2D eigenvalue weighted by molar-refractivity contribution is -0.0176. The number of aryl methyl sites for hydroxylation is 1. The van der Waals surface area contributed by atoms with Crippen molar-refractivity contribution in [3.8, 4) is 28.7 Å². The summed E-state index contributed by atoms with van der Waals surface area (Å²) in [5.74, 6) is 3.08. The molecule has 0 bridgehead atoms. The molecular weight excluding hydrogens is 504 g/mol. The minimum atomic E-state index is -0.254. The van der Waals surface area contributed by atoms with Gasteiger partial charge in [-0.15, -0.1) is 0 Å². The highest BCUT2D eigenvalue weighted by molar-refractivity contribution is 9.10. The molecule has 34 heavy (non-hydrogen) atoms. The van der Waals surface area contributed by atoms with E-state index in [9.17, 15) is 4.79 Å². The lowest BCUT2D eigenvalue weighted by Gasteiger charge is -2.21. The minimum Gasteiger partial charge on any atom is -0.497 e. The summed E-state index contributed by atoms with van der Waals surface area (Å²) in [6.07, 6.45) is 0. The molecule has 1 aromatic heterocycles. The van der Waals surface area contributed by atoms with Gasteiger partial charge in [0.05, 0.1) is 19.1 Å². The van der Waals surface area contributed by atoms with Crippen molar-refractivity contribution in [2.24, 2.45) is 0 Å². The maximum Gasteiger partial charge on any atom is 0.235 e. The lowest BCUT2D eigenvalue weighted by atomic mass is 10.1. The van der Waals surface area contributed by atoms with E-state index in [4.69, 9.17) is 28.1 Å². The zero-order chi connectivity index (χ0) is 23.7. The molecule has 0 amide bonds. The number of rotatable bonds is 6. The maximum atomic E-state index is 13.1. The number of halogens is 1. The first kappa shape index (κ1) is 22.3. The Morgan fingerprint density at radius 3 is 2.56 bits per heavy atom. The van der Waals surface area contributed by atoms with E-state index in [1.807, 2.05) is 12.1 Å². The zero-order valence-electron chi connectivity index (χ0n) is 18.6. The molecule has 0 fully saturated rings. The third-order valence-electron chi connectivity index (χ3n) is 5.41. The molecule has 7 nitrogen and oxygen atoms in total. The molecule has 1 aliphatic rings. The Hall–Kier alpha value is -3.49. The van der Waals surface area contributed by atoms with Crippen LogP contribution in [0.3, 0.4) is 0 Å². The third-order valence-corrected chi connectivity index (χ3v) is 5.87. The van der Waals surface area contributed by atoms with Crippen molar-refractivity contribution < 1.29 is 28.1 Å². The van der Waals surface area contributed by atoms with E-state index in [0.717, 1.165) is 21.3 Å². The SMILES string of the molecule is COc1ccc(Oc2c(C)oc3cc(OCc4cc(Br)cc5c4OCOC5)ccc3c2=O)cc1. The Balaban J connectivity index is 1.39. The third kappa shape index (κ3) is 4.47. The average Bonchev–Trinajstić information content (AvgIpc) is 2.85. The summed E-state index contributed by atoms with van der Waals surface area (Å²) in [5.41, 5.74) is 2.02. The molecule has 0 spiro atoms. The summed E-state index contributed by atoms with van der Waals surface area (Å²) in [7, 11) is 1.59. The number of benzene rings is 3. The predicted molar refractivity (Wildman–Crippen MR) is 129 cm³/mol. The molecule has 3 aromatic carbocycles. The Kier molecular flexibility index (Phi) is 6.17. The van der Waals surface area contributed by atoms with Crippen molar-refractivity contribution in [1.29, 1.82) is 0 Å². The summed E-state index contributed by atoms with van der Waals surface area (Å²) in [4.78, 5) is 13.1. The monoisotopic (exact) mass is 524 g/mol. The van der Waals surface area contributed by atoms with E-state index in [1.54, 1.807) is 56.5 Å². The molecule has 0 atom stereocenters. The second kappa shape index (κ2) is 9.40. The second-order valence-electron chi connectivity index (χ2n) is 7.70.